The number of hydrogen-bond acceptors (Lipinski definition) is 3. The number of nitrogens with one attached hydrogen (secondary N) is 1. The van der Waals surface area contributed by atoms with E-state index >= 15 is 0 Å². The highest BCUT2D eigenvalue weighted by molar-refractivity contribution is 5.78. The fourth-order valence-corrected chi connectivity index (χ4v) is 2.37. The van der Waals surface area contributed by atoms with Gasteiger partial charge < -0.3 is 15.2 Å². The molecule has 6 heteroatoms. The molecule has 2 rings (SSSR count). The molecule has 1 fully saturated rings. The monoisotopic (exact) mass is 299 g/mol. The van der Waals surface area contributed by atoms with Crippen LogP contribution in [0.2, 0.25) is 0 Å². The van der Waals surface area contributed by atoms with Crippen LogP contribution < -0.4 is 5.32 Å². The maximum absolute atomic E-state index is 13.7. The predicted octanol–water partition coefficient (Wildman–Crippen LogP) is 1.72. The van der Waals surface area contributed by atoms with Gasteiger partial charge in [-0.15, -0.1) is 0 Å². The Bertz CT molecular complexity index is 514. The highest BCUT2D eigenvalue weighted by Gasteiger charge is 2.29. The third-order valence-corrected chi connectivity index (χ3v) is 3.65. The van der Waals surface area contributed by atoms with Crippen molar-refractivity contribution in [1.82, 2.24) is 5.32 Å². The van der Waals surface area contributed by atoms with E-state index in [1.807, 2.05) is 0 Å². The molecule has 1 aliphatic heterocycles. The molecule has 0 saturated carbocycles. The van der Waals surface area contributed by atoms with Gasteiger partial charge in [-0.2, -0.15) is 0 Å². The standard InChI is InChI=1S/C15H19F2NO3/c1-15(20,12-5-4-11(16)7-13(12)17)9-18-14(19)10-3-2-6-21-8-10/h4-5,7,10,20H,2-3,6,8-9H2,1H3,(H,18,19). The van der Waals surface area contributed by atoms with Gasteiger partial charge in [-0.3, -0.25) is 4.79 Å². The summed E-state index contributed by atoms with van der Waals surface area (Å²) in [6, 6.07) is 2.96. The largest absolute Gasteiger partial charge is 0.383 e. The van der Waals surface area contributed by atoms with E-state index in [1.54, 1.807) is 0 Å². The van der Waals surface area contributed by atoms with E-state index in [4.69, 9.17) is 4.74 Å². The molecule has 2 unspecified atom stereocenters. The molecule has 1 aliphatic rings. The first-order valence-corrected chi connectivity index (χ1v) is 6.93. The van der Waals surface area contributed by atoms with Crippen LogP contribution in [0, 0.1) is 17.6 Å². The molecule has 0 bridgehead atoms. The molecule has 1 aromatic carbocycles. The fraction of sp³-hybridized carbons (Fsp3) is 0.533. The highest BCUT2D eigenvalue weighted by atomic mass is 19.1. The van der Waals surface area contributed by atoms with E-state index in [0.29, 0.717) is 19.3 Å². The summed E-state index contributed by atoms with van der Waals surface area (Å²) in [5.74, 6) is -2.02. The zero-order chi connectivity index (χ0) is 15.5. The summed E-state index contributed by atoms with van der Waals surface area (Å²) >= 11 is 0. The predicted molar refractivity (Wildman–Crippen MR) is 72.5 cm³/mol. The molecular formula is C15H19F2NO3. The van der Waals surface area contributed by atoms with Crippen LogP contribution >= 0.6 is 0 Å². The highest BCUT2D eigenvalue weighted by Crippen LogP contribution is 2.24. The summed E-state index contributed by atoms with van der Waals surface area (Å²) in [5.41, 5.74) is -1.66. The van der Waals surface area contributed by atoms with E-state index in [9.17, 15) is 18.7 Å². The van der Waals surface area contributed by atoms with Crippen LogP contribution in [0.1, 0.15) is 25.3 Å². The van der Waals surface area contributed by atoms with Crippen molar-refractivity contribution in [2.45, 2.75) is 25.4 Å². The van der Waals surface area contributed by atoms with E-state index in [-0.39, 0.29) is 23.9 Å². The minimum Gasteiger partial charge on any atom is -0.383 e. The maximum Gasteiger partial charge on any atom is 0.225 e. The molecule has 0 aliphatic carbocycles. The molecule has 1 amide bonds. The van der Waals surface area contributed by atoms with Gasteiger partial charge in [0.1, 0.15) is 17.2 Å². The zero-order valence-corrected chi connectivity index (χ0v) is 11.9. The van der Waals surface area contributed by atoms with Crippen LogP contribution in [0.4, 0.5) is 8.78 Å². The molecule has 1 heterocycles. The summed E-state index contributed by atoms with van der Waals surface area (Å²) in [6.07, 6.45) is 1.56. The number of benzene rings is 1. The van der Waals surface area contributed by atoms with Gasteiger partial charge in [0.15, 0.2) is 0 Å². The van der Waals surface area contributed by atoms with Gasteiger partial charge in [0.05, 0.1) is 19.1 Å². The van der Waals surface area contributed by atoms with E-state index < -0.39 is 17.2 Å². The van der Waals surface area contributed by atoms with Crippen LogP contribution in [0.5, 0.6) is 0 Å². The Morgan fingerprint density at radius 1 is 1.52 bits per heavy atom. The summed E-state index contributed by atoms with van der Waals surface area (Å²) in [4.78, 5) is 12.0. The first-order chi connectivity index (χ1) is 9.90. The lowest BCUT2D eigenvalue weighted by Gasteiger charge is -2.27. The lowest BCUT2D eigenvalue weighted by atomic mass is 9.94. The van der Waals surface area contributed by atoms with Gasteiger partial charge in [0.2, 0.25) is 5.91 Å². The Balaban J connectivity index is 1.98. The average molecular weight is 299 g/mol. The molecule has 0 radical (unpaired) electrons. The number of halogens is 2. The van der Waals surface area contributed by atoms with Crippen molar-refractivity contribution in [2.24, 2.45) is 5.92 Å². The Labute approximate surface area is 122 Å². The van der Waals surface area contributed by atoms with Crippen LogP contribution in [-0.4, -0.2) is 30.8 Å². The van der Waals surface area contributed by atoms with Gasteiger partial charge in [-0.1, -0.05) is 6.07 Å². The van der Waals surface area contributed by atoms with Crippen molar-refractivity contribution in [3.8, 4) is 0 Å². The normalized spacial score (nSPS) is 21.6. The molecule has 4 nitrogen and oxygen atoms in total. The Morgan fingerprint density at radius 2 is 2.29 bits per heavy atom. The number of hydrogen-bond donors (Lipinski definition) is 2. The maximum atomic E-state index is 13.7. The second-order valence-corrected chi connectivity index (χ2v) is 5.53. The summed E-state index contributed by atoms with van der Waals surface area (Å²) in [5, 5.41) is 12.9. The number of amides is 1. The first kappa shape index (κ1) is 15.9. The molecule has 1 saturated heterocycles. The third kappa shape index (κ3) is 3.98. The van der Waals surface area contributed by atoms with Crippen molar-refractivity contribution in [1.29, 1.82) is 0 Å². The van der Waals surface area contributed by atoms with Crippen molar-refractivity contribution < 1.29 is 23.4 Å². The zero-order valence-electron chi connectivity index (χ0n) is 11.9. The van der Waals surface area contributed by atoms with Crippen molar-refractivity contribution in [3.63, 3.8) is 0 Å². The molecule has 21 heavy (non-hydrogen) atoms. The number of rotatable bonds is 4. The topological polar surface area (TPSA) is 58.6 Å². The summed E-state index contributed by atoms with van der Waals surface area (Å²) < 4.78 is 31.8. The molecule has 2 atom stereocenters. The van der Waals surface area contributed by atoms with E-state index in [2.05, 4.69) is 5.32 Å². The number of aliphatic hydroxyl groups is 1. The van der Waals surface area contributed by atoms with Gasteiger partial charge in [0, 0.05) is 18.2 Å². The van der Waals surface area contributed by atoms with Gasteiger partial charge in [-0.05, 0) is 25.8 Å². The van der Waals surface area contributed by atoms with E-state index in [0.717, 1.165) is 18.9 Å². The molecule has 2 N–H and O–H groups in total. The quantitative estimate of drug-likeness (QED) is 0.890. The summed E-state index contributed by atoms with van der Waals surface area (Å²) in [6.45, 7) is 2.24. The van der Waals surface area contributed by atoms with Gasteiger partial charge >= 0.3 is 0 Å². The van der Waals surface area contributed by atoms with Crippen LogP contribution in [0.15, 0.2) is 18.2 Å². The van der Waals surface area contributed by atoms with Crippen LogP contribution in [0.3, 0.4) is 0 Å². The smallest absolute Gasteiger partial charge is 0.225 e. The summed E-state index contributed by atoms with van der Waals surface area (Å²) in [7, 11) is 0. The molecule has 116 valence electrons. The van der Waals surface area contributed by atoms with Crippen molar-refractivity contribution in [3.05, 3.63) is 35.4 Å². The minimum absolute atomic E-state index is 0.0518. The first-order valence-electron chi connectivity index (χ1n) is 6.93. The second kappa shape index (κ2) is 6.49. The lowest BCUT2D eigenvalue weighted by Crippen LogP contribution is -2.43. The minimum atomic E-state index is -1.61. The van der Waals surface area contributed by atoms with Crippen molar-refractivity contribution >= 4 is 5.91 Å². The second-order valence-electron chi connectivity index (χ2n) is 5.53. The number of carbonyl (C=O) groups is 1. The molecule has 0 spiro atoms. The Morgan fingerprint density at radius 3 is 2.90 bits per heavy atom. The molecule has 0 aromatic heterocycles. The number of ether oxygens (including phenoxy) is 1. The van der Waals surface area contributed by atoms with Crippen molar-refractivity contribution in [2.75, 3.05) is 19.8 Å². The fourth-order valence-electron chi connectivity index (χ4n) is 2.37. The van der Waals surface area contributed by atoms with Gasteiger partial charge in [-0.25, -0.2) is 8.78 Å². The Kier molecular flexibility index (Phi) is 4.90. The molecule has 1 aromatic rings. The van der Waals surface area contributed by atoms with Crippen LogP contribution in [-0.2, 0) is 15.1 Å². The molecular weight excluding hydrogens is 280 g/mol. The SMILES string of the molecule is CC(O)(CNC(=O)C1CCCOC1)c1ccc(F)cc1F. The number of carbonyl (C=O) groups excluding carboxylic acids is 1. The van der Waals surface area contributed by atoms with Crippen LogP contribution in [0.25, 0.3) is 0 Å². The lowest BCUT2D eigenvalue weighted by molar-refractivity contribution is -0.130. The average Bonchev–Trinajstić information content (AvgIpc) is 2.45. The van der Waals surface area contributed by atoms with E-state index in [1.165, 1.54) is 13.0 Å². The van der Waals surface area contributed by atoms with Gasteiger partial charge in [0.25, 0.3) is 0 Å². The third-order valence-electron chi connectivity index (χ3n) is 3.65. The Hall–Kier alpha value is -1.53.